The number of nitrogens with zero attached hydrogens (tertiary/aromatic N) is 3. The average molecular weight is 365 g/mol. The number of nitrogens with one attached hydrogen (secondary N) is 1. The zero-order chi connectivity index (χ0) is 19.0. The molecule has 1 atom stereocenters. The Kier molecular flexibility index (Phi) is 4.51. The third kappa shape index (κ3) is 3.37. The van der Waals surface area contributed by atoms with Gasteiger partial charge in [0.15, 0.2) is 0 Å². The topological polar surface area (TPSA) is 101 Å². The van der Waals surface area contributed by atoms with Gasteiger partial charge in [-0.3, -0.25) is 9.59 Å². The standard InChI is InChI=1S/C20H23N5O2/c1-12-8-9-25(12)20-23-16-7-3-6-15(16)18(24-20)13-4-2-5-14(10-13)19(27)22-11-17(21)26/h2,4-5,10,12H,3,6-9,11H2,1H3,(H2,21,26)(H,22,27)/t12-/m0/s1. The van der Waals surface area contributed by atoms with E-state index in [2.05, 4.69) is 17.1 Å². The summed E-state index contributed by atoms with van der Waals surface area (Å²) < 4.78 is 0. The van der Waals surface area contributed by atoms with Gasteiger partial charge in [-0.25, -0.2) is 9.97 Å². The Bertz CT molecular complexity index is 911. The molecule has 1 aromatic carbocycles. The highest BCUT2D eigenvalue weighted by Gasteiger charge is 2.29. The van der Waals surface area contributed by atoms with Crippen molar-refractivity contribution in [3.63, 3.8) is 0 Å². The maximum absolute atomic E-state index is 12.3. The van der Waals surface area contributed by atoms with Crippen LogP contribution in [0.3, 0.4) is 0 Å². The number of anilines is 1. The zero-order valence-electron chi connectivity index (χ0n) is 15.4. The first kappa shape index (κ1) is 17.5. The molecule has 0 radical (unpaired) electrons. The highest BCUT2D eigenvalue weighted by Crippen LogP contribution is 2.34. The Hall–Kier alpha value is -2.96. The fourth-order valence-electron chi connectivity index (χ4n) is 3.68. The minimum atomic E-state index is -0.568. The summed E-state index contributed by atoms with van der Waals surface area (Å²) in [6.45, 7) is 2.99. The second-order valence-corrected chi connectivity index (χ2v) is 7.21. The number of aromatic nitrogens is 2. The molecular weight excluding hydrogens is 342 g/mol. The van der Waals surface area contributed by atoms with Crippen molar-refractivity contribution in [1.29, 1.82) is 0 Å². The van der Waals surface area contributed by atoms with Crippen LogP contribution in [-0.4, -0.2) is 40.9 Å². The number of aryl methyl sites for hydroxylation is 1. The van der Waals surface area contributed by atoms with E-state index in [4.69, 9.17) is 15.7 Å². The largest absolute Gasteiger partial charge is 0.368 e. The molecule has 1 aliphatic heterocycles. The lowest BCUT2D eigenvalue weighted by atomic mass is 10.0. The highest BCUT2D eigenvalue weighted by molar-refractivity contribution is 5.97. The van der Waals surface area contributed by atoms with Crippen molar-refractivity contribution in [2.75, 3.05) is 18.0 Å². The van der Waals surface area contributed by atoms with Crippen LogP contribution < -0.4 is 16.0 Å². The van der Waals surface area contributed by atoms with E-state index in [0.29, 0.717) is 11.6 Å². The minimum Gasteiger partial charge on any atom is -0.368 e. The van der Waals surface area contributed by atoms with Gasteiger partial charge in [0.2, 0.25) is 11.9 Å². The van der Waals surface area contributed by atoms with Crippen LogP contribution in [0.2, 0.25) is 0 Å². The minimum absolute atomic E-state index is 0.178. The van der Waals surface area contributed by atoms with Gasteiger partial charge in [0.1, 0.15) is 0 Å². The first-order valence-corrected chi connectivity index (χ1v) is 9.36. The number of hydrogen-bond donors (Lipinski definition) is 2. The quantitative estimate of drug-likeness (QED) is 0.835. The SMILES string of the molecule is C[C@H]1CCN1c1nc2c(c(-c3cccc(C(=O)NCC(N)=O)c3)n1)CCC2. The van der Waals surface area contributed by atoms with Gasteiger partial charge in [0, 0.05) is 35.0 Å². The fraction of sp³-hybridized carbons (Fsp3) is 0.400. The average Bonchev–Trinajstić information content (AvgIpc) is 3.12. The number of benzene rings is 1. The highest BCUT2D eigenvalue weighted by atomic mass is 16.2. The lowest BCUT2D eigenvalue weighted by Gasteiger charge is -2.39. The van der Waals surface area contributed by atoms with Crippen molar-refractivity contribution >= 4 is 17.8 Å². The van der Waals surface area contributed by atoms with Gasteiger partial charge in [0.25, 0.3) is 5.91 Å². The van der Waals surface area contributed by atoms with Gasteiger partial charge in [-0.05, 0) is 44.7 Å². The molecule has 1 aliphatic carbocycles. The number of primary amides is 1. The van der Waals surface area contributed by atoms with Crippen LogP contribution in [0.5, 0.6) is 0 Å². The van der Waals surface area contributed by atoms with Crippen LogP contribution >= 0.6 is 0 Å². The van der Waals surface area contributed by atoms with Crippen molar-refractivity contribution in [2.24, 2.45) is 5.73 Å². The number of carbonyl (C=O) groups is 2. The molecule has 1 fully saturated rings. The molecule has 0 bridgehead atoms. The van der Waals surface area contributed by atoms with Gasteiger partial charge >= 0.3 is 0 Å². The molecule has 2 heterocycles. The molecule has 2 aromatic rings. The van der Waals surface area contributed by atoms with E-state index < -0.39 is 5.91 Å². The van der Waals surface area contributed by atoms with E-state index in [1.807, 2.05) is 18.2 Å². The number of nitrogens with two attached hydrogens (primary N) is 1. The van der Waals surface area contributed by atoms with Crippen molar-refractivity contribution in [3.05, 3.63) is 41.1 Å². The summed E-state index contributed by atoms with van der Waals surface area (Å²) in [5.74, 6) is -0.104. The van der Waals surface area contributed by atoms with Crippen LogP contribution in [-0.2, 0) is 17.6 Å². The first-order chi connectivity index (χ1) is 13.0. The van der Waals surface area contributed by atoms with Crippen LogP contribution in [0.4, 0.5) is 5.95 Å². The third-order valence-corrected chi connectivity index (χ3v) is 5.32. The van der Waals surface area contributed by atoms with E-state index in [-0.39, 0.29) is 12.5 Å². The number of amides is 2. The summed E-state index contributed by atoms with van der Waals surface area (Å²) in [5.41, 5.74) is 9.70. The predicted molar refractivity (Wildman–Crippen MR) is 102 cm³/mol. The molecular formula is C20H23N5O2. The van der Waals surface area contributed by atoms with Crippen molar-refractivity contribution < 1.29 is 9.59 Å². The number of fused-ring (bicyclic) bond motifs is 1. The second kappa shape index (κ2) is 6.98. The van der Waals surface area contributed by atoms with Gasteiger partial charge < -0.3 is 16.0 Å². The summed E-state index contributed by atoms with van der Waals surface area (Å²) >= 11 is 0. The van der Waals surface area contributed by atoms with E-state index in [1.54, 1.807) is 6.07 Å². The Balaban J connectivity index is 1.70. The first-order valence-electron chi connectivity index (χ1n) is 9.36. The van der Waals surface area contributed by atoms with Gasteiger partial charge in [-0.15, -0.1) is 0 Å². The van der Waals surface area contributed by atoms with Crippen molar-refractivity contribution in [2.45, 2.75) is 38.6 Å². The van der Waals surface area contributed by atoms with Gasteiger partial charge in [-0.2, -0.15) is 0 Å². The Morgan fingerprint density at radius 3 is 2.85 bits per heavy atom. The Morgan fingerprint density at radius 2 is 2.15 bits per heavy atom. The molecule has 7 nitrogen and oxygen atoms in total. The van der Waals surface area contributed by atoms with Crippen molar-refractivity contribution in [3.8, 4) is 11.3 Å². The fourth-order valence-corrected chi connectivity index (χ4v) is 3.68. The summed E-state index contributed by atoms with van der Waals surface area (Å²) in [6.07, 6.45) is 4.16. The maximum atomic E-state index is 12.3. The monoisotopic (exact) mass is 365 g/mol. The molecule has 0 spiro atoms. The van der Waals surface area contributed by atoms with E-state index in [0.717, 1.165) is 55.1 Å². The molecule has 0 unspecified atom stereocenters. The normalized spacial score (nSPS) is 18.0. The van der Waals surface area contributed by atoms with Crippen LogP contribution in [0.25, 0.3) is 11.3 Å². The zero-order valence-corrected chi connectivity index (χ0v) is 15.4. The molecule has 4 rings (SSSR count). The smallest absolute Gasteiger partial charge is 0.251 e. The number of rotatable bonds is 5. The molecule has 1 aromatic heterocycles. The Labute approximate surface area is 158 Å². The van der Waals surface area contributed by atoms with Crippen LogP contribution in [0, 0.1) is 0 Å². The van der Waals surface area contributed by atoms with Gasteiger partial charge in [0.05, 0.1) is 12.2 Å². The summed E-state index contributed by atoms with van der Waals surface area (Å²) in [5, 5.41) is 2.53. The molecule has 3 N–H and O–H groups in total. The maximum Gasteiger partial charge on any atom is 0.251 e. The number of hydrogen-bond acceptors (Lipinski definition) is 5. The lowest BCUT2D eigenvalue weighted by molar-refractivity contribution is -0.117. The molecule has 140 valence electrons. The van der Waals surface area contributed by atoms with E-state index in [1.165, 1.54) is 5.56 Å². The summed E-state index contributed by atoms with van der Waals surface area (Å²) in [7, 11) is 0. The predicted octanol–water partition coefficient (Wildman–Crippen LogP) is 1.45. The molecule has 2 amide bonds. The van der Waals surface area contributed by atoms with Crippen molar-refractivity contribution in [1.82, 2.24) is 15.3 Å². The van der Waals surface area contributed by atoms with E-state index in [9.17, 15) is 9.59 Å². The summed E-state index contributed by atoms with van der Waals surface area (Å²) in [6, 6.07) is 7.81. The van der Waals surface area contributed by atoms with E-state index >= 15 is 0 Å². The molecule has 2 aliphatic rings. The molecule has 7 heteroatoms. The van der Waals surface area contributed by atoms with Crippen LogP contribution in [0.1, 0.15) is 41.4 Å². The molecule has 27 heavy (non-hydrogen) atoms. The Morgan fingerprint density at radius 1 is 1.30 bits per heavy atom. The van der Waals surface area contributed by atoms with Gasteiger partial charge in [-0.1, -0.05) is 12.1 Å². The molecule has 1 saturated heterocycles. The summed E-state index contributed by atoms with van der Waals surface area (Å²) in [4.78, 5) is 35.1. The molecule has 0 saturated carbocycles. The lowest BCUT2D eigenvalue weighted by Crippen LogP contribution is -2.46. The second-order valence-electron chi connectivity index (χ2n) is 7.21. The third-order valence-electron chi connectivity index (χ3n) is 5.32. The number of carbonyl (C=O) groups excluding carboxylic acids is 2. The van der Waals surface area contributed by atoms with Crippen LogP contribution in [0.15, 0.2) is 24.3 Å².